The predicted molar refractivity (Wildman–Crippen MR) is 245 cm³/mol. The van der Waals surface area contributed by atoms with Crippen molar-refractivity contribution < 1.29 is 27.7 Å². The van der Waals surface area contributed by atoms with Crippen molar-refractivity contribution in [2.45, 2.75) is 239 Å². The lowest BCUT2D eigenvalue weighted by molar-refractivity contribution is -0.149. The van der Waals surface area contributed by atoms with E-state index in [1.807, 2.05) is 0 Å². The molecule has 0 aromatic carbocycles. The average Bonchev–Trinajstić information content (AvgIpc) is 3.18. The van der Waals surface area contributed by atoms with Gasteiger partial charge in [-0.3, -0.25) is 13.2 Å². The summed E-state index contributed by atoms with van der Waals surface area (Å²) in [7, 11) is -1.65. The molecule has 0 radical (unpaired) electrons. The van der Waals surface area contributed by atoms with Crippen LogP contribution in [-0.4, -0.2) is 80.8 Å². The molecule has 0 heterocycles. The van der Waals surface area contributed by atoms with Crippen molar-refractivity contribution >= 4 is 16.6 Å². The number of aliphatic hydroxyl groups is 1. The fourth-order valence-electron chi connectivity index (χ4n) is 7.39. The van der Waals surface area contributed by atoms with Gasteiger partial charge in [0, 0.05) is 32.1 Å². The van der Waals surface area contributed by atoms with Gasteiger partial charge in [0.1, 0.15) is 0 Å². The Bertz CT molecular complexity index is 802. The van der Waals surface area contributed by atoms with Crippen molar-refractivity contribution in [1.82, 2.24) is 4.90 Å². The zero-order valence-corrected chi connectivity index (χ0v) is 39.4. The fraction of sp³-hybridized carbons (Fsp3) is 0.979. The van der Waals surface area contributed by atoms with E-state index in [9.17, 15) is 9.90 Å². The van der Waals surface area contributed by atoms with Crippen molar-refractivity contribution in [3.63, 3.8) is 0 Å². The molecule has 338 valence electrons. The maximum atomic E-state index is 13.0. The first-order valence-corrected chi connectivity index (χ1v) is 26.8. The number of unbranched alkanes of at least 4 members (excludes halogenated alkanes) is 22. The highest BCUT2D eigenvalue weighted by atomic mass is 32.3. The van der Waals surface area contributed by atoms with Crippen LogP contribution in [0.3, 0.4) is 0 Å². The number of hydrogen-bond acceptors (Lipinski definition) is 7. The molecular weight excluding hydrogens is 719 g/mol. The molecule has 0 saturated carbocycles. The second-order valence-electron chi connectivity index (χ2n) is 17.0. The monoisotopic (exact) mass is 818 g/mol. The van der Waals surface area contributed by atoms with Gasteiger partial charge in [-0.05, 0) is 83.8 Å². The van der Waals surface area contributed by atoms with E-state index in [0.717, 1.165) is 123 Å². The summed E-state index contributed by atoms with van der Waals surface area (Å²) in [5.74, 6) is 0.145. The van der Waals surface area contributed by atoms with Gasteiger partial charge in [-0.2, -0.15) is 10.6 Å². The van der Waals surface area contributed by atoms with E-state index in [0.29, 0.717) is 13.2 Å². The molecule has 0 rings (SSSR count). The minimum absolute atomic E-state index is 0.0556. The van der Waals surface area contributed by atoms with Crippen LogP contribution >= 0.6 is 10.6 Å². The van der Waals surface area contributed by atoms with Crippen molar-refractivity contribution in [3.8, 4) is 0 Å². The third kappa shape index (κ3) is 37.9. The molecule has 1 N–H and O–H groups in total. The SMILES string of the molecule is CCCCCCCCOC(CCCCCCC)OS(C)(C)OCCCCN(CCCCO)CCCCCCOC(=O)C(CCCCCC)CCCCCCCC. The second-order valence-corrected chi connectivity index (χ2v) is 19.7. The van der Waals surface area contributed by atoms with Crippen LogP contribution in [0.1, 0.15) is 233 Å². The Morgan fingerprint density at radius 3 is 1.46 bits per heavy atom. The van der Waals surface area contributed by atoms with E-state index in [-0.39, 0.29) is 24.8 Å². The van der Waals surface area contributed by atoms with E-state index < -0.39 is 10.6 Å². The Balaban J connectivity index is 4.55. The molecule has 0 saturated heterocycles. The Kier molecular flexibility index (Phi) is 42.4. The molecule has 0 bridgehead atoms. The highest BCUT2D eigenvalue weighted by Crippen LogP contribution is 2.44. The summed E-state index contributed by atoms with van der Waals surface area (Å²) >= 11 is 0. The number of ether oxygens (including phenoxy) is 2. The maximum Gasteiger partial charge on any atom is 0.308 e. The summed E-state index contributed by atoms with van der Waals surface area (Å²) < 4.78 is 25.1. The number of carbonyl (C=O) groups is 1. The summed E-state index contributed by atoms with van der Waals surface area (Å²) in [4.78, 5) is 15.6. The first-order chi connectivity index (χ1) is 27.3. The standard InChI is InChI=1S/C48H99NO6S/c1-7-11-15-19-22-27-37-46(36-26-18-14-10-4)48(51)53-44-34-25-23-29-39-49(40-30-32-42-50)41-31-35-45-54-56(5,6)55-47(38-28-21-17-13-9-3)52-43-33-24-20-16-12-8-2/h46-47,50H,7-45H2,1-6H3. The Labute approximate surface area is 352 Å². The van der Waals surface area contributed by atoms with E-state index >= 15 is 0 Å². The minimum atomic E-state index is -1.65. The smallest absolute Gasteiger partial charge is 0.308 e. The molecule has 0 aromatic heterocycles. The molecule has 0 aliphatic carbocycles. The normalized spacial score (nSPS) is 13.4. The molecule has 7 nitrogen and oxygen atoms in total. The Morgan fingerprint density at radius 2 is 0.911 bits per heavy atom. The predicted octanol–water partition coefficient (Wildman–Crippen LogP) is 14.3. The van der Waals surface area contributed by atoms with E-state index in [2.05, 4.69) is 45.1 Å². The van der Waals surface area contributed by atoms with E-state index in [1.165, 1.54) is 109 Å². The van der Waals surface area contributed by atoms with Crippen LogP contribution in [0.25, 0.3) is 0 Å². The molecule has 2 unspecified atom stereocenters. The van der Waals surface area contributed by atoms with Gasteiger partial charge in [0.25, 0.3) is 0 Å². The number of aliphatic hydroxyl groups excluding tert-OH is 1. The van der Waals surface area contributed by atoms with Crippen molar-refractivity contribution in [1.29, 1.82) is 0 Å². The lowest BCUT2D eigenvalue weighted by Crippen LogP contribution is -2.28. The Hall–Kier alpha value is -0.380. The molecule has 8 heteroatoms. The van der Waals surface area contributed by atoms with Crippen molar-refractivity contribution in [3.05, 3.63) is 0 Å². The van der Waals surface area contributed by atoms with Gasteiger partial charge in [0.05, 0.1) is 19.1 Å². The topological polar surface area (TPSA) is 77.5 Å². The van der Waals surface area contributed by atoms with Gasteiger partial charge in [-0.1, -0.05) is 163 Å². The van der Waals surface area contributed by atoms with Crippen LogP contribution in [0.5, 0.6) is 0 Å². The van der Waals surface area contributed by atoms with Gasteiger partial charge >= 0.3 is 5.97 Å². The fourth-order valence-corrected chi connectivity index (χ4v) is 8.63. The van der Waals surface area contributed by atoms with Crippen LogP contribution in [0.15, 0.2) is 0 Å². The zero-order chi connectivity index (χ0) is 41.2. The largest absolute Gasteiger partial charge is 0.465 e. The van der Waals surface area contributed by atoms with Gasteiger partial charge in [-0.15, -0.1) is 0 Å². The molecule has 2 atom stereocenters. The summed E-state index contributed by atoms with van der Waals surface area (Å²) in [5.41, 5.74) is 0. The van der Waals surface area contributed by atoms with Gasteiger partial charge in [0.15, 0.2) is 6.29 Å². The highest BCUT2D eigenvalue weighted by molar-refractivity contribution is 8.24. The third-order valence-electron chi connectivity index (χ3n) is 11.1. The van der Waals surface area contributed by atoms with E-state index in [4.69, 9.17) is 17.8 Å². The summed E-state index contributed by atoms with van der Waals surface area (Å²) in [6, 6.07) is 0. The van der Waals surface area contributed by atoms with Gasteiger partial charge in [-0.25, -0.2) is 0 Å². The van der Waals surface area contributed by atoms with Crippen molar-refractivity contribution in [2.24, 2.45) is 5.92 Å². The van der Waals surface area contributed by atoms with Crippen LogP contribution in [0, 0.1) is 5.92 Å². The number of hydrogen-bond donors (Lipinski definition) is 1. The Morgan fingerprint density at radius 1 is 0.500 bits per heavy atom. The third-order valence-corrected chi connectivity index (χ3v) is 12.5. The van der Waals surface area contributed by atoms with Crippen molar-refractivity contribution in [2.75, 3.05) is 58.6 Å². The molecular formula is C48H99NO6S. The quantitative estimate of drug-likeness (QED) is 0.0372. The number of rotatable bonds is 46. The number of nitrogens with zero attached hydrogens (tertiary/aromatic N) is 1. The van der Waals surface area contributed by atoms with Gasteiger partial charge in [0.2, 0.25) is 0 Å². The lowest BCUT2D eigenvalue weighted by Gasteiger charge is -2.38. The van der Waals surface area contributed by atoms with Crippen LogP contribution < -0.4 is 0 Å². The average molecular weight is 818 g/mol. The van der Waals surface area contributed by atoms with Crippen LogP contribution in [-0.2, 0) is 22.6 Å². The summed E-state index contributed by atoms with van der Waals surface area (Å²) in [6.07, 6.45) is 41.7. The first-order valence-electron chi connectivity index (χ1n) is 24.5. The molecule has 0 fully saturated rings. The molecule has 0 amide bonds. The molecule has 56 heavy (non-hydrogen) atoms. The number of esters is 1. The summed E-state index contributed by atoms with van der Waals surface area (Å²) in [5, 5.41) is 9.37. The lowest BCUT2D eigenvalue weighted by atomic mass is 9.94. The molecule has 0 spiro atoms. The second kappa shape index (κ2) is 42.7. The number of carbonyl (C=O) groups excluding carboxylic acids is 1. The molecule has 0 aliphatic rings. The van der Waals surface area contributed by atoms with Crippen LogP contribution in [0.2, 0.25) is 0 Å². The van der Waals surface area contributed by atoms with Gasteiger partial charge < -0.3 is 19.5 Å². The maximum absolute atomic E-state index is 13.0. The molecule has 0 aliphatic heterocycles. The zero-order valence-electron chi connectivity index (χ0n) is 38.6. The van der Waals surface area contributed by atoms with Crippen LogP contribution in [0.4, 0.5) is 0 Å². The van der Waals surface area contributed by atoms with E-state index in [1.54, 1.807) is 0 Å². The first kappa shape index (κ1) is 55.6. The summed E-state index contributed by atoms with van der Waals surface area (Å²) in [6.45, 7) is 14.5. The molecule has 0 aromatic rings. The highest BCUT2D eigenvalue weighted by Gasteiger charge is 2.20. The minimum Gasteiger partial charge on any atom is -0.465 e.